The normalized spacial score (nSPS) is 10.8. The molecule has 0 heterocycles. The van der Waals surface area contributed by atoms with Gasteiger partial charge >= 0.3 is 5.97 Å². The largest absolute Gasteiger partial charge is 0.422 e. The molecule has 0 saturated heterocycles. The minimum atomic E-state index is -0.492. The van der Waals surface area contributed by atoms with E-state index in [0.717, 1.165) is 10.8 Å². The third kappa shape index (κ3) is 4.17. The predicted octanol–water partition coefficient (Wildman–Crippen LogP) is 3.88. The van der Waals surface area contributed by atoms with Crippen LogP contribution in [-0.4, -0.2) is 17.3 Å². The maximum absolute atomic E-state index is 12.4. The number of nitrogens with zero attached hydrogens (tertiary/aromatic N) is 1. The summed E-state index contributed by atoms with van der Waals surface area (Å²) in [6.45, 7) is 0. The Labute approximate surface area is 160 Å². The second-order valence-corrected chi connectivity index (χ2v) is 6.21. The molecular weight excluding hydrogens is 370 g/mol. The molecule has 3 N–H and O–H groups in total. The number of nitrogens with one attached hydrogen (secondary N) is 1. The smallest absolute Gasteiger partial charge is 0.343 e. The van der Waals surface area contributed by atoms with Gasteiger partial charge in [-0.25, -0.2) is 4.79 Å². The Morgan fingerprint density at radius 3 is 2.58 bits per heavy atom. The van der Waals surface area contributed by atoms with Crippen LogP contribution in [0.4, 0.5) is 0 Å². The number of carbonyl (C=O) groups excluding carboxylic acids is 1. The van der Waals surface area contributed by atoms with Crippen LogP contribution in [0.2, 0.25) is 5.02 Å². The van der Waals surface area contributed by atoms with Crippen LogP contribution in [0, 0.1) is 0 Å². The quantitative estimate of drug-likeness (QED) is 0.235. The zero-order valence-corrected chi connectivity index (χ0v) is 15.1. The highest BCUT2D eigenvalue weighted by Gasteiger charge is 2.13. The van der Waals surface area contributed by atoms with Crippen molar-refractivity contribution in [2.75, 3.05) is 0 Å². The molecule has 0 atom stereocenters. The van der Waals surface area contributed by atoms with Gasteiger partial charge < -0.3 is 10.5 Å². The van der Waals surface area contributed by atoms with Gasteiger partial charge in [-0.15, -0.1) is 0 Å². The van der Waals surface area contributed by atoms with Crippen LogP contribution in [0.1, 0.15) is 15.9 Å². The molecule has 7 heteroatoms. The van der Waals surface area contributed by atoms with Crippen molar-refractivity contribution >= 4 is 51.9 Å². The van der Waals surface area contributed by atoms with E-state index in [2.05, 4.69) is 10.5 Å². The molecule has 0 aromatic heterocycles. The number of benzene rings is 3. The van der Waals surface area contributed by atoms with E-state index in [0.29, 0.717) is 21.9 Å². The fourth-order valence-electron chi connectivity index (χ4n) is 2.40. The van der Waals surface area contributed by atoms with E-state index in [-0.39, 0.29) is 5.11 Å². The molecule has 3 rings (SSSR count). The fourth-order valence-corrected chi connectivity index (χ4v) is 2.58. The monoisotopic (exact) mass is 383 g/mol. The molecule has 130 valence electrons. The molecule has 0 unspecified atom stereocenters. The molecule has 3 aromatic carbocycles. The average Bonchev–Trinajstić information content (AvgIpc) is 2.63. The van der Waals surface area contributed by atoms with Gasteiger partial charge in [0.2, 0.25) is 0 Å². The summed E-state index contributed by atoms with van der Waals surface area (Å²) in [4.78, 5) is 12.4. The zero-order valence-electron chi connectivity index (χ0n) is 13.5. The van der Waals surface area contributed by atoms with Crippen LogP contribution >= 0.6 is 23.8 Å². The first kappa shape index (κ1) is 17.8. The third-order valence-corrected chi connectivity index (χ3v) is 3.92. The molecule has 26 heavy (non-hydrogen) atoms. The van der Waals surface area contributed by atoms with E-state index in [4.69, 9.17) is 34.3 Å². The highest BCUT2D eigenvalue weighted by molar-refractivity contribution is 7.80. The molecule has 3 aromatic rings. The summed E-state index contributed by atoms with van der Waals surface area (Å²) >= 11 is 10.6. The molecule has 0 aliphatic rings. The number of rotatable bonds is 4. The van der Waals surface area contributed by atoms with E-state index in [1.165, 1.54) is 6.21 Å². The van der Waals surface area contributed by atoms with Crippen molar-refractivity contribution < 1.29 is 9.53 Å². The van der Waals surface area contributed by atoms with E-state index in [1.807, 2.05) is 30.3 Å². The topological polar surface area (TPSA) is 76.7 Å². The lowest BCUT2D eigenvalue weighted by Gasteiger charge is -2.10. The van der Waals surface area contributed by atoms with Crippen molar-refractivity contribution in [3.05, 3.63) is 76.8 Å². The van der Waals surface area contributed by atoms with Gasteiger partial charge in [0, 0.05) is 10.6 Å². The lowest BCUT2D eigenvalue weighted by molar-refractivity contribution is 0.0735. The first-order valence-corrected chi connectivity index (χ1v) is 8.41. The van der Waals surface area contributed by atoms with Crippen LogP contribution in [-0.2, 0) is 0 Å². The minimum absolute atomic E-state index is 0.0428. The van der Waals surface area contributed by atoms with Gasteiger partial charge in [0.1, 0.15) is 5.75 Å². The second-order valence-electron chi connectivity index (χ2n) is 5.33. The summed E-state index contributed by atoms with van der Waals surface area (Å²) in [6.07, 6.45) is 1.52. The van der Waals surface area contributed by atoms with Gasteiger partial charge in [-0.3, -0.25) is 5.43 Å². The van der Waals surface area contributed by atoms with Gasteiger partial charge in [-0.05, 0) is 53.3 Å². The van der Waals surface area contributed by atoms with E-state index < -0.39 is 5.97 Å². The molecule has 0 aliphatic heterocycles. The Morgan fingerprint density at radius 2 is 1.85 bits per heavy atom. The van der Waals surface area contributed by atoms with Gasteiger partial charge in [0.05, 0.1) is 11.8 Å². The molecular formula is C19H14ClN3O2S. The number of carbonyl (C=O) groups is 1. The van der Waals surface area contributed by atoms with Crippen LogP contribution in [0.15, 0.2) is 65.8 Å². The molecule has 0 bridgehead atoms. The third-order valence-electron chi connectivity index (χ3n) is 3.58. The number of nitrogens with two attached hydrogens (primary N) is 1. The van der Waals surface area contributed by atoms with Crippen molar-refractivity contribution in [2.45, 2.75) is 0 Å². The highest BCUT2D eigenvalue weighted by Crippen LogP contribution is 2.27. The molecule has 0 fully saturated rings. The van der Waals surface area contributed by atoms with Crippen molar-refractivity contribution in [1.29, 1.82) is 0 Å². The highest BCUT2D eigenvalue weighted by atomic mass is 35.5. The van der Waals surface area contributed by atoms with Gasteiger partial charge in [0.25, 0.3) is 0 Å². The second kappa shape index (κ2) is 7.95. The Hall–Kier alpha value is -2.96. The van der Waals surface area contributed by atoms with Crippen molar-refractivity contribution in [1.82, 2.24) is 5.43 Å². The molecule has 0 saturated carbocycles. The number of hydrogen-bond donors (Lipinski definition) is 2. The summed E-state index contributed by atoms with van der Waals surface area (Å²) < 4.78 is 5.57. The summed E-state index contributed by atoms with van der Waals surface area (Å²) in [5.41, 5.74) is 8.92. The van der Waals surface area contributed by atoms with Crippen LogP contribution in [0.5, 0.6) is 5.75 Å². The Kier molecular flexibility index (Phi) is 5.46. The molecule has 5 nitrogen and oxygen atoms in total. The molecule has 0 amide bonds. The number of esters is 1. The summed E-state index contributed by atoms with van der Waals surface area (Å²) in [6, 6.07) is 17.8. The van der Waals surface area contributed by atoms with Crippen molar-refractivity contribution in [2.24, 2.45) is 10.8 Å². The molecule has 0 radical (unpaired) electrons. The summed E-state index contributed by atoms with van der Waals surface area (Å²) in [5, 5.41) is 6.44. The summed E-state index contributed by atoms with van der Waals surface area (Å²) in [7, 11) is 0. The Bertz CT molecular complexity index is 1000. The van der Waals surface area contributed by atoms with Gasteiger partial charge in [-0.1, -0.05) is 41.9 Å². The Morgan fingerprint density at radius 1 is 1.12 bits per heavy atom. The first-order chi connectivity index (χ1) is 12.5. The number of thiocarbonyl (C=S) groups is 1. The standard InChI is InChI=1S/C19H14ClN3O2S/c20-14-8-5-13(6-9-14)18(24)25-17-10-7-12-3-1-2-4-15(12)16(17)11-22-23-19(21)26/h1-11H,(H3,21,23,26)/b22-11+. The molecule has 0 aliphatic carbocycles. The maximum atomic E-state index is 12.4. The van der Waals surface area contributed by atoms with Crippen LogP contribution in [0.25, 0.3) is 10.8 Å². The summed E-state index contributed by atoms with van der Waals surface area (Å²) in [5.74, 6) is -0.119. The van der Waals surface area contributed by atoms with Crippen molar-refractivity contribution in [3.8, 4) is 5.75 Å². The van der Waals surface area contributed by atoms with E-state index in [9.17, 15) is 4.79 Å². The number of ether oxygens (including phenoxy) is 1. The van der Waals surface area contributed by atoms with Crippen LogP contribution in [0.3, 0.4) is 0 Å². The number of halogens is 1. The van der Waals surface area contributed by atoms with Crippen LogP contribution < -0.4 is 15.9 Å². The number of hydrogen-bond acceptors (Lipinski definition) is 4. The SMILES string of the molecule is NC(=S)N/N=C/c1c(OC(=O)c2ccc(Cl)cc2)ccc2ccccc12. The lowest BCUT2D eigenvalue weighted by atomic mass is 10.0. The van der Waals surface area contributed by atoms with Gasteiger partial charge in [-0.2, -0.15) is 5.10 Å². The van der Waals surface area contributed by atoms with E-state index in [1.54, 1.807) is 30.3 Å². The number of hydrazone groups is 1. The lowest BCUT2D eigenvalue weighted by Crippen LogP contribution is -2.24. The van der Waals surface area contributed by atoms with Gasteiger partial charge in [0.15, 0.2) is 5.11 Å². The first-order valence-electron chi connectivity index (χ1n) is 7.62. The van der Waals surface area contributed by atoms with Crippen molar-refractivity contribution in [3.63, 3.8) is 0 Å². The van der Waals surface area contributed by atoms with E-state index >= 15 is 0 Å². The zero-order chi connectivity index (χ0) is 18.5. The minimum Gasteiger partial charge on any atom is -0.422 e. The average molecular weight is 384 g/mol. The molecule has 0 spiro atoms. The number of fused-ring (bicyclic) bond motifs is 1. The Balaban J connectivity index is 1.98. The fraction of sp³-hybridized carbons (Fsp3) is 0. The predicted molar refractivity (Wildman–Crippen MR) is 108 cm³/mol. The maximum Gasteiger partial charge on any atom is 0.343 e.